The fraction of sp³-hybridized carbons (Fsp3) is 0.188. The highest BCUT2D eigenvalue weighted by atomic mass is 19.4. The van der Waals surface area contributed by atoms with Gasteiger partial charge in [0.15, 0.2) is 0 Å². The fourth-order valence-electron chi connectivity index (χ4n) is 1.92. The first kappa shape index (κ1) is 15.9. The van der Waals surface area contributed by atoms with E-state index in [9.17, 15) is 18.0 Å². The highest BCUT2D eigenvalue weighted by Gasteiger charge is 2.30. The first-order chi connectivity index (χ1) is 10.3. The van der Waals surface area contributed by atoms with E-state index in [-0.39, 0.29) is 17.9 Å². The number of benzene rings is 2. The highest BCUT2D eigenvalue weighted by Crippen LogP contribution is 2.31. The van der Waals surface area contributed by atoms with Crippen molar-refractivity contribution in [3.8, 4) is 5.75 Å². The molecule has 0 radical (unpaired) electrons. The quantitative estimate of drug-likeness (QED) is 0.916. The van der Waals surface area contributed by atoms with E-state index in [2.05, 4.69) is 0 Å². The second-order valence-electron chi connectivity index (χ2n) is 4.77. The van der Waals surface area contributed by atoms with Crippen molar-refractivity contribution in [2.45, 2.75) is 19.7 Å². The zero-order valence-electron chi connectivity index (χ0n) is 11.6. The van der Waals surface area contributed by atoms with Crippen molar-refractivity contribution in [3.63, 3.8) is 0 Å². The summed E-state index contributed by atoms with van der Waals surface area (Å²) in [7, 11) is 0. The van der Waals surface area contributed by atoms with E-state index in [1.54, 1.807) is 19.1 Å². The Morgan fingerprint density at radius 1 is 1.18 bits per heavy atom. The lowest BCUT2D eigenvalue weighted by Gasteiger charge is -2.11. The summed E-state index contributed by atoms with van der Waals surface area (Å²) in [6, 6.07) is 9.31. The minimum Gasteiger partial charge on any atom is -0.489 e. The van der Waals surface area contributed by atoms with Crippen LogP contribution in [0.2, 0.25) is 0 Å². The van der Waals surface area contributed by atoms with Gasteiger partial charge in [0.05, 0.1) is 11.1 Å². The summed E-state index contributed by atoms with van der Waals surface area (Å²) < 4.78 is 43.1. The molecule has 6 heteroatoms. The minimum absolute atomic E-state index is 0.0120. The Morgan fingerprint density at radius 3 is 2.55 bits per heavy atom. The summed E-state index contributed by atoms with van der Waals surface area (Å²) in [6.45, 7) is 1.66. The van der Waals surface area contributed by atoms with Crippen molar-refractivity contribution in [2.24, 2.45) is 0 Å². The van der Waals surface area contributed by atoms with Crippen LogP contribution in [0, 0.1) is 6.92 Å². The Morgan fingerprint density at radius 2 is 1.91 bits per heavy atom. The molecule has 0 aliphatic heterocycles. The lowest BCUT2D eigenvalue weighted by Crippen LogP contribution is -2.06. The standard InChI is InChI=1S/C16H13F3O3/c1-10-5-6-11(7-14(10)15(20)21)9-22-13-4-2-3-12(8-13)16(17,18)19/h2-8H,9H2,1H3,(H,20,21). The molecule has 116 valence electrons. The van der Waals surface area contributed by atoms with Crippen molar-refractivity contribution < 1.29 is 27.8 Å². The number of carbonyl (C=O) groups is 1. The summed E-state index contributed by atoms with van der Waals surface area (Å²) in [5.41, 5.74) is 0.529. The number of carboxylic acid groups (broad SMARTS) is 1. The Labute approximate surface area is 125 Å². The Balaban J connectivity index is 2.14. The van der Waals surface area contributed by atoms with Crippen LogP contribution in [-0.2, 0) is 12.8 Å². The maximum atomic E-state index is 12.6. The largest absolute Gasteiger partial charge is 0.489 e. The van der Waals surface area contributed by atoms with Crippen molar-refractivity contribution in [1.82, 2.24) is 0 Å². The van der Waals surface area contributed by atoms with Crippen molar-refractivity contribution in [2.75, 3.05) is 0 Å². The summed E-state index contributed by atoms with van der Waals surface area (Å²) >= 11 is 0. The van der Waals surface area contributed by atoms with E-state index in [1.807, 2.05) is 0 Å². The van der Waals surface area contributed by atoms with Crippen molar-refractivity contribution >= 4 is 5.97 Å². The Bertz CT molecular complexity index is 693. The number of aryl methyl sites for hydroxylation is 1. The molecule has 0 bridgehead atoms. The van der Waals surface area contributed by atoms with E-state index < -0.39 is 17.7 Å². The third-order valence-electron chi connectivity index (χ3n) is 3.10. The summed E-state index contributed by atoms with van der Waals surface area (Å²) in [5, 5.41) is 9.04. The van der Waals surface area contributed by atoms with Crippen LogP contribution >= 0.6 is 0 Å². The number of hydrogen-bond acceptors (Lipinski definition) is 2. The summed E-state index contributed by atoms with van der Waals surface area (Å²) in [4.78, 5) is 11.0. The normalized spacial score (nSPS) is 11.3. The van der Waals surface area contributed by atoms with Crippen LogP contribution in [0.25, 0.3) is 0 Å². The molecule has 0 fully saturated rings. The second-order valence-corrected chi connectivity index (χ2v) is 4.77. The first-order valence-electron chi connectivity index (χ1n) is 6.40. The Hall–Kier alpha value is -2.50. The average molecular weight is 310 g/mol. The number of hydrogen-bond donors (Lipinski definition) is 1. The molecule has 2 rings (SSSR count). The van der Waals surface area contributed by atoms with Gasteiger partial charge < -0.3 is 9.84 Å². The molecule has 0 aromatic heterocycles. The van der Waals surface area contributed by atoms with Crippen LogP contribution in [-0.4, -0.2) is 11.1 Å². The number of aromatic carboxylic acids is 1. The third-order valence-corrected chi connectivity index (χ3v) is 3.10. The zero-order valence-corrected chi connectivity index (χ0v) is 11.6. The fourth-order valence-corrected chi connectivity index (χ4v) is 1.92. The monoisotopic (exact) mass is 310 g/mol. The van der Waals surface area contributed by atoms with E-state index in [4.69, 9.17) is 9.84 Å². The molecule has 0 heterocycles. The van der Waals surface area contributed by atoms with Gasteiger partial charge in [-0.2, -0.15) is 13.2 Å². The lowest BCUT2D eigenvalue weighted by molar-refractivity contribution is -0.137. The van der Waals surface area contributed by atoms with Crippen molar-refractivity contribution in [3.05, 3.63) is 64.7 Å². The van der Waals surface area contributed by atoms with E-state index in [0.29, 0.717) is 11.1 Å². The molecule has 0 unspecified atom stereocenters. The van der Waals surface area contributed by atoms with Gasteiger partial charge in [-0.15, -0.1) is 0 Å². The van der Waals surface area contributed by atoms with Crippen LogP contribution in [0.1, 0.15) is 27.0 Å². The van der Waals surface area contributed by atoms with Gasteiger partial charge in [-0.05, 0) is 42.3 Å². The maximum Gasteiger partial charge on any atom is 0.416 e. The number of alkyl halides is 3. The summed E-state index contributed by atoms with van der Waals surface area (Å²) in [6.07, 6.45) is -4.43. The first-order valence-corrected chi connectivity index (χ1v) is 6.40. The number of halogens is 3. The molecule has 0 saturated heterocycles. The zero-order chi connectivity index (χ0) is 16.3. The molecule has 0 spiro atoms. The van der Waals surface area contributed by atoms with E-state index in [1.165, 1.54) is 18.2 Å². The molecular formula is C16H13F3O3. The Kier molecular flexibility index (Phi) is 4.40. The average Bonchev–Trinajstić information content (AvgIpc) is 2.45. The van der Waals surface area contributed by atoms with E-state index >= 15 is 0 Å². The van der Waals surface area contributed by atoms with Gasteiger partial charge in [0.25, 0.3) is 0 Å². The number of ether oxygens (including phenoxy) is 1. The maximum absolute atomic E-state index is 12.6. The predicted molar refractivity (Wildman–Crippen MR) is 73.9 cm³/mol. The van der Waals surface area contributed by atoms with Gasteiger partial charge in [0.1, 0.15) is 12.4 Å². The third kappa shape index (κ3) is 3.78. The van der Waals surface area contributed by atoms with Gasteiger partial charge in [-0.1, -0.05) is 18.2 Å². The SMILES string of the molecule is Cc1ccc(COc2cccc(C(F)(F)F)c2)cc1C(=O)O. The predicted octanol–water partition coefficient (Wildman–Crippen LogP) is 4.29. The summed E-state index contributed by atoms with van der Waals surface area (Å²) in [5.74, 6) is -0.981. The molecule has 22 heavy (non-hydrogen) atoms. The molecule has 3 nitrogen and oxygen atoms in total. The van der Waals surface area contributed by atoms with Crippen LogP contribution in [0.5, 0.6) is 5.75 Å². The number of rotatable bonds is 4. The van der Waals surface area contributed by atoms with Crippen LogP contribution in [0.3, 0.4) is 0 Å². The number of carboxylic acids is 1. The minimum atomic E-state index is -4.43. The molecule has 0 atom stereocenters. The molecule has 0 aliphatic carbocycles. The van der Waals surface area contributed by atoms with Crippen LogP contribution < -0.4 is 4.74 Å². The van der Waals surface area contributed by atoms with Gasteiger partial charge >= 0.3 is 12.1 Å². The van der Waals surface area contributed by atoms with E-state index in [0.717, 1.165) is 12.1 Å². The van der Waals surface area contributed by atoms with Gasteiger partial charge in [0.2, 0.25) is 0 Å². The molecule has 2 aromatic carbocycles. The van der Waals surface area contributed by atoms with Gasteiger partial charge in [0, 0.05) is 0 Å². The van der Waals surface area contributed by atoms with Gasteiger partial charge in [-0.25, -0.2) is 4.79 Å². The topological polar surface area (TPSA) is 46.5 Å². The van der Waals surface area contributed by atoms with Gasteiger partial charge in [-0.3, -0.25) is 0 Å². The smallest absolute Gasteiger partial charge is 0.416 e. The highest BCUT2D eigenvalue weighted by molar-refractivity contribution is 5.89. The van der Waals surface area contributed by atoms with Crippen LogP contribution in [0.15, 0.2) is 42.5 Å². The van der Waals surface area contributed by atoms with Crippen molar-refractivity contribution in [1.29, 1.82) is 0 Å². The molecule has 0 aliphatic rings. The second kappa shape index (κ2) is 6.09. The van der Waals surface area contributed by atoms with Crippen LogP contribution in [0.4, 0.5) is 13.2 Å². The molecule has 1 N–H and O–H groups in total. The lowest BCUT2D eigenvalue weighted by atomic mass is 10.1. The molecule has 0 saturated carbocycles. The molecule has 0 amide bonds. The molecule has 2 aromatic rings. The molecular weight excluding hydrogens is 297 g/mol.